The van der Waals surface area contributed by atoms with Gasteiger partial charge in [0, 0.05) is 43.0 Å². The van der Waals surface area contributed by atoms with Crippen LogP contribution in [0.1, 0.15) is 36.8 Å². The summed E-state index contributed by atoms with van der Waals surface area (Å²) in [5, 5.41) is 28.4. The van der Waals surface area contributed by atoms with Gasteiger partial charge in [0.25, 0.3) is 0 Å². The molecular formula is C32H45N11O6. The topological polar surface area (TPSA) is 315 Å². The summed E-state index contributed by atoms with van der Waals surface area (Å²) in [6, 6.07) is 8.64. The molecule has 0 saturated carbocycles. The minimum atomic E-state index is -1.33. The van der Waals surface area contributed by atoms with E-state index in [0.717, 1.165) is 10.9 Å². The number of phenolic OH excluding ortho intramolecular Hbond substituents is 1. The Morgan fingerprint density at radius 3 is 1.94 bits per heavy atom. The lowest BCUT2D eigenvalue weighted by Gasteiger charge is -2.25. The number of carbonyl (C=O) groups is 4. The summed E-state index contributed by atoms with van der Waals surface area (Å²) in [7, 11) is 0. The molecule has 0 aliphatic carbocycles. The summed E-state index contributed by atoms with van der Waals surface area (Å²) < 4.78 is 0. The van der Waals surface area contributed by atoms with Crippen molar-refractivity contribution in [2.24, 2.45) is 38.7 Å². The summed E-state index contributed by atoms with van der Waals surface area (Å²) in [6.45, 7) is 0.400. The summed E-state index contributed by atoms with van der Waals surface area (Å²) in [5.74, 6) is -3.60. The number of aromatic amines is 1. The van der Waals surface area contributed by atoms with E-state index in [4.69, 9.17) is 28.7 Å². The SMILES string of the molecule is NC(N)=NCCCC(N)C(=O)NC(Cc1ccc(O)cc1)C(=O)NC(CCCN=C(N)N)C(=O)NC(Cc1c[nH]c2ccccc12)C(=O)O. The highest BCUT2D eigenvalue weighted by molar-refractivity contribution is 5.94. The Hall–Kier alpha value is -5.84. The Kier molecular flexibility index (Phi) is 14.2. The molecule has 0 aliphatic rings. The van der Waals surface area contributed by atoms with Crippen LogP contribution < -0.4 is 44.6 Å². The zero-order valence-electron chi connectivity index (χ0n) is 27.0. The van der Waals surface area contributed by atoms with Crippen LogP contribution in [0.4, 0.5) is 0 Å². The molecule has 49 heavy (non-hydrogen) atoms. The molecule has 0 saturated heterocycles. The van der Waals surface area contributed by atoms with Crippen LogP contribution in [0.15, 0.2) is 64.7 Å². The van der Waals surface area contributed by atoms with Crippen molar-refractivity contribution in [1.29, 1.82) is 0 Å². The maximum absolute atomic E-state index is 13.8. The molecule has 17 heteroatoms. The number of para-hydroxylation sites is 1. The second kappa shape index (κ2) is 18.5. The standard InChI is InChI=1S/C32H45N11O6/c33-22(6-3-13-38-31(34)35)27(45)42-25(15-18-9-11-20(44)12-10-18)29(47)41-24(8-4-14-39-32(36)37)28(46)43-26(30(48)49)16-19-17-40-23-7-2-1-5-21(19)23/h1-2,5,7,9-12,17,22,24-26,40,44H,3-4,6,8,13-16,33H2,(H,41,47)(H,42,45)(H,43,46)(H,48,49)(H4,34,35,38)(H4,36,37,39). The maximum Gasteiger partial charge on any atom is 0.326 e. The Morgan fingerprint density at radius 1 is 0.735 bits per heavy atom. The van der Waals surface area contributed by atoms with Crippen molar-refractivity contribution in [3.63, 3.8) is 0 Å². The highest BCUT2D eigenvalue weighted by Crippen LogP contribution is 2.19. The van der Waals surface area contributed by atoms with Crippen LogP contribution in [-0.4, -0.2) is 88.1 Å². The van der Waals surface area contributed by atoms with Crippen LogP contribution in [0.2, 0.25) is 0 Å². The molecule has 0 aliphatic heterocycles. The highest BCUT2D eigenvalue weighted by Gasteiger charge is 2.31. The first-order chi connectivity index (χ1) is 23.3. The van der Waals surface area contributed by atoms with Gasteiger partial charge in [-0.15, -0.1) is 0 Å². The van der Waals surface area contributed by atoms with Gasteiger partial charge in [0.15, 0.2) is 11.9 Å². The molecule has 0 bridgehead atoms. The number of amides is 3. The molecule has 0 fully saturated rings. The minimum absolute atomic E-state index is 0.00900. The summed E-state index contributed by atoms with van der Waals surface area (Å²) in [4.78, 5) is 63.6. The fourth-order valence-corrected chi connectivity index (χ4v) is 5.04. The van der Waals surface area contributed by atoms with Crippen LogP contribution >= 0.6 is 0 Å². The van der Waals surface area contributed by atoms with Gasteiger partial charge in [0.05, 0.1) is 6.04 Å². The molecule has 4 atom stereocenters. The van der Waals surface area contributed by atoms with Crippen molar-refractivity contribution in [2.45, 2.75) is 62.7 Å². The molecule has 2 aromatic carbocycles. The third-order valence-corrected chi connectivity index (χ3v) is 7.61. The Labute approximate surface area is 282 Å². The van der Waals surface area contributed by atoms with E-state index in [2.05, 4.69) is 30.9 Å². The number of phenols is 1. The second-order valence-electron chi connectivity index (χ2n) is 11.5. The number of aromatic nitrogens is 1. The van der Waals surface area contributed by atoms with E-state index in [1.54, 1.807) is 18.3 Å². The van der Waals surface area contributed by atoms with Crippen molar-refractivity contribution < 1.29 is 29.4 Å². The van der Waals surface area contributed by atoms with Crippen LogP contribution in [0.25, 0.3) is 10.9 Å². The fraction of sp³-hybridized carbons (Fsp3) is 0.375. The zero-order chi connectivity index (χ0) is 35.9. The van der Waals surface area contributed by atoms with Crippen molar-refractivity contribution in [3.8, 4) is 5.75 Å². The van der Waals surface area contributed by atoms with Gasteiger partial charge in [0.1, 0.15) is 23.9 Å². The number of hydrogen-bond donors (Lipinski definition) is 11. The summed E-state index contributed by atoms with van der Waals surface area (Å²) in [5.41, 5.74) is 29.7. The smallest absolute Gasteiger partial charge is 0.326 e. The van der Waals surface area contributed by atoms with E-state index in [0.29, 0.717) is 17.5 Å². The van der Waals surface area contributed by atoms with Gasteiger partial charge in [0.2, 0.25) is 17.7 Å². The number of aliphatic imine (C=N–C) groups is 2. The monoisotopic (exact) mass is 679 g/mol. The first-order valence-electron chi connectivity index (χ1n) is 15.7. The molecule has 0 radical (unpaired) electrons. The lowest BCUT2D eigenvalue weighted by molar-refractivity contribution is -0.142. The number of benzene rings is 2. The number of guanidine groups is 2. The van der Waals surface area contributed by atoms with Crippen molar-refractivity contribution in [1.82, 2.24) is 20.9 Å². The van der Waals surface area contributed by atoms with E-state index in [1.165, 1.54) is 12.1 Å². The van der Waals surface area contributed by atoms with Gasteiger partial charge in [-0.25, -0.2) is 4.79 Å². The Morgan fingerprint density at radius 2 is 1.31 bits per heavy atom. The van der Waals surface area contributed by atoms with E-state index < -0.39 is 47.9 Å². The maximum atomic E-state index is 13.8. The van der Waals surface area contributed by atoms with E-state index in [9.17, 15) is 29.4 Å². The van der Waals surface area contributed by atoms with Gasteiger partial charge in [-0.2, -0.15) is 0 Å². The summed E-state index contributed by atoms with van der Waals surface area (Å²) in [6.07, 6.45) is 2.56. The number of aliphatic carboxylic acids is 1. The number of hydrogen-bond acceptors (Lipinski definition) is 8. The largest absolute Gasteiger partial charge is 0.508 e. The van der Waals surface area contributed by atoms with Crippen LogP contribution in [0.5, 0.6) is 5.75 Å². The predicted molar refractivity (Wildman–Crippen MR) is 185 cm³/mol. The molecule has 3 amide bonds. The molecule has 3 aromatic rings. The first kappa shape index (κ1) is 37.6. The van der Waals surface area contributed by atoms with Gasteiger partial charge in [-0.05, 0) is 55.0 Å². The van der Waals surface area contributed by atoms with E-state index in [1.807, 2.05) is 24.3 Å². The molecule has 4 unspecified atom stereocenters. The number of fused-ring (bicyclic) bond motifs is 1. The van der Waals surface area contributed by atoms with Crippen molar-refractivity contribution in [2.75, 3.05) is 13.1 Å². The first-order valence-corrected chi connectivity index (χ1v) is 15.7. The van der Waals surface area contributed by atoms with E-state index in [-0.39, 0.29) is 62.9 Å². The number of carboxylic acid groups (broad SMARTS) is 1. The van der Waals surface area contributed by atoms with Crippen LogP contribution in [0.3, 0.4) is 0 Å². The number of rotatable bonds is 19. The molecule has 17 nitrogen and oxygen atoms in total. The number of carbonyl (C=O) groups excluding carboxylic acids is 3. The van der Waals surface area contributed by atoms with Gasteiger partial charge in [-0.1, -0.05) is 30.3 Å². The van der Waals surface area contributed by atoms with E-state index >= 15 is 0 Å². The van der Waals surface area contributed by atoms with Gasteiger partial charge >= 0.3 is 5.97 Å². The number of H-pyrrole nitrogens is 1. The van der Waals surface area contributed by atoms with Gasteiger partial charge < -0.3 is 59.8 Å². The third-order valence-electron chi connectivity index (χ3n) is 7.61. The molecular weight excluding hydrogens is 634 g/mol. The molecule has 3 rings (SSSR count). The third kappa shape index (κ3) is 12.4. The average Bonchev–Trinajstić information content (AvgIpc) is 3.46. The second-order valence-corrected chi connectivity index (χ2v) is 11.5. The number of nitrogens with one attached hydrogen (secondary N) is 4. The predicted octanol–water partition coefficient (Wildman–Crippen LogP) is -1.37. The molecule has 1 aromatic heterocycles. The summed E-state index contributed by atoms with van der Waals surface area (Å²) >= 11 is 0. The lowest BCUT2D eigenvalue weighted by Crippen LogP contribution is -2.57. The Balaban J connectivity index is 1.80. The van der Waals surface area contributed by atoms with Crippen LogP contribution in [-0.2, 0) is 32.0 Å². The number of aromatic hydroxyl groups is 1. The minimum Gasteiger partial charge on any atom is -0.508 e. The van der Waals surface area contributed by atoms with Crippen molar-refractivity contribution >= 4 is 46.5 Å². The Bertz CT molecular complexity index is 1630. The highest BCUT2D eigenvalue weighted by atomic mass is 16.4. The van der Waals surface area contributed by atoms with Gasteiger partial charge in [-0.3, -0.25) is 24.4 Å². The molecule has 0 spiro atoms. The van der Waals surface area contributed by atoms with Crippen molar-refractivity contribution in [3.05, 3.63) is 65.9 Å². The molecule has 16 N–H and O–H groups in total. The average molecular weight is 680 g/mol. The normalized spacial score (nSPS) is 13.3. The van der Waals surface area contributed by atoms with Crippen LogP contribution in [0, 0.1) is 0 Å². The fourth-order valence-electron chi connectivity index (χ4n) is 5.04. The molecule has 1 heterocycles. The molecule has 264 valence electrons. The zero-order valence-corrected chi connectivity index (χ0v) is 27.0. The number of nitrogens with two attached hydrogens (primary N) is 5. The number of nitrogens with zero attached hydrogens (tertiary/aromatic N) is 2. The number of carboxylic acids is 1. The lowest BCUT2D eigenvalue weighted by atomic mass is 10.0. The quantitative estimate of drug-likeness (QED) is 0.0399.